The van der Waals surface area contributed by atoms with Crippen molar-refractivity contribution in [2.45, 2.75) is 27.7 Å². The molecule has 0 aliphatic rings. The molecule has 0 radical (unpaired) electrons. The van der Waals surface area contributed by atoms with Gasteiger partial charge in [-0.15, -0.1) is 0 Å². The Kier molecular flexibility index (Phi) is 5.88. The summed E-state index contributed by atoms with van der Waals surface area (Å²) in [5.74, 6) is 1.29. The summed E-state index contributed by atoms with van der Waals surface area (Å²) in [6.07, 6.45) is 0. The molecule has 0 unspecified atom stereocenters. The van der Waals surface area contributed by atoms with Gasteiger partial charge in [0, 0.05) is 23.5 Å². The second-order valence-corrected chi connectivity index (χ2v) is 8.28. The fourth-order valence-electron chi connectivity index (χ4n) is 3.80. The predicted octanol–water partition coefficient (Wildman–Crippen LogP) is 7.30. The molecular weight excluding hydrogens is 414 g/mol. The predicted molar refractivity (Wildman–Crippen MR) is 132 cm³/mol. The lowest BCUT2D eigenvalue weighted by molar-refractivity contribution is 0.409. The monoisotopic (exact) mass is 441 g/mol. The maximum atomic E-state index is 10.5. The molecule has 0 saturated carbocycles. The molecule has 0 heterocycles. The molecule has 4 aromatic carbocycles. The van der Waals surface area contributed by atoms with Crippen molar-refractivity contribution in [1.29, 1.82) is 0 Å². The first-order chi connectivity index (χ1) is 15.7. The van der Waals surface area contributed by atoms with Crippen LogP contribution in [0.4, 0.5) is 17.1 Å². The van der Waals surface area contributed by atoms with Crippen molar-refractivity contribution >= 4 is 17.1 Å². The molecule has 168 valence electrons. The zero-order valence-corrected chi connectivity index (χ0v) is 19.1. The lowest BCUT2D eigenvalue weighted by Gasteiger charge is -2.28. The highest BCUT2D eigenvalue weighted by molar-refractivity contribution is 5.82. The molecule has 0 aliphatic heterocycles. The van der Waals surface area contributed by atoms with E-state index >= 15 is 0 Å². The van der Waals surface area contributed by atoms with Gasteiger partial charge in [0.2, 0.25) is 0 Å². The van der Waals surface area contributed by atoms with Gasteiger partial charge in [-0.1, -0.05) is 30.3 Å². The number of benzene rings is 4. The highest BCUT2D eigenvalue weighted by Crippen LogP contribution is 2.45. The lowest BCUT2D eigenvalue weighted by atomic mass is 10.1. The van der Waals surface area contributed by atoms with Gasteiger partial charge in [0.1, 0.15) is 11.5 Å². The summed E-state index contributed by atoms with van der Waals surface area (Å²) in [7, 11) is 0. The van der Waals surface area contributed by atoms with Crippen LogP contribution in [-0.2, 0) is 0 Å². The van der Waals surface area contributed by atoms with Crippen molar-refractivity contribution in [3.63, 3.8) is 0 Å². The molecule has 0 spiro atoms. The number of para-hydroxylation sites is 2. The van der Waals surface area contributed by atoms with E-state index in [1.807, 2.05) is 87.2 Å². The molecule has 0 amide bonds. The summed E-state index contributed by atoms with van der Waals surface area (Å²) < 4.78 is 6.24. The van der Waals surface area contributed by atoms with Crippen molar-refractivity contribution in [2.24, 2.45) is 0 Å². The van der Waals surface area contributed by atoms with Gasteiger partial charge >= 0.3 is 0 Å². The molecule has 0 bridgehead atoms. The molecule has 4 aromatic rings. The van der Waals surface area contributed by atoms with E-state index in [0.717, 1.165) is 22.3 Å². The van der Waals surface area contributed by atoms with E-state index in [0.29, 0.717) is 28.6 Å². The SMILES string of the molecule is Cc1cc(C)c(Oc2ccccc2N(c2ccc(C)c(O)c2)c2ccc(C)c(O)c2)c(O)c1. The van der Waals surface area contributed by atoms with Gasteiger partial charge in [-0.25, -0.2) is 0 Å². The third-order valence-corrected chi connectivity index (χ3v) is 5.62. The molecule has 0 atom stereocenters. The third-order valence-electron chi connectivity index (χ3n) is 5.62. The van der Waals surface area contributed by atoms with Gasteiger partial charge in [-0.05, 0) is 80.3 Å². The molecule has 0 aromatic heterocycles. The number of phenolic OH excluding ortho intramolecular Hbond substituents is 3. The molecule has 3 N–H and O–H groups in total. The molecule has 5 heteroatoms. The summed E-state index contributed by atoms with van der Waals surface area (Å²) in [5.41, 5.74) is 5.35. The van der Waals surface area contributed by atoms with E-state index in [1.165, 1.54) is 0 Å². The first-order valence-corrected chi connectivity index (χ1v) is 10.7. The normalized spacial score (nSPS) is 10.8. The van der Waals surface area contributed by atoms with Crippen LogP contribution in [0.2, 0.25) is 0 Å². The first-order valence-electron chi connectivity index (χ1n) is 10.7. The van der Waals surface area contributed by atoms with Crippen LogP contribution in [0.15, 0.2) is 72.8 Å². The van der Waals surface area contributed by atoms with Crippen molar-refractivity contribution in [2.75, 3.05) is 4.90 Å². The van der Waals surface area contributed by atoms with Gasteiger partial charge in [-0.2, -0.15) is 0 Å². The number of nitrogens with zero attached hydrogens (tertiary/aromatic N) is 1. The molecular formula is C28H27NO4. The summed E-state index contributed by atoms with van der Waals surface area (Å²) in [5, 5.41) is 31.3. The molecule has 4 rings (SSSR count). The Balaban J connectivity index is 1.90. The maximum Gasteiger partial charge on any atom is 0.172 e. The minimum atomic E-state index is 0.0646. The van der Waals surface area contributed by atoms with Crippen molar-refractivity contribution < 1.29 is 20.1 Å². The zero-order chi connectivity index (χ0) is 23.7. The van der Waals surface area contributed by atoms with E-state index in [-0.39, 0.29) is 17.2 Å². The van der Waals surface area contributed by atoms with Gasteiger partial charge in [0.05, 0.1) is 5.69 Å². The van der Waals surface area contributed by atoms with E-state index in [1.54, 1.807) is 18.2 Å². The van der Waals surface area contributed by atoms with E-state index in [2.05, 4.69) is 0 Å². The third kappa shape index (κ3) is 4.44. The van der Waals surface area contributed by atoms with Gasteiger partial charge in [0.25, 0.3) is 0 Å². The molecule has 5 nitrogen and oxygen atoms in total. The number of aromatic hydroxyl groups is 3. The van der Waals surface area contributed by atoms with Crippen LogP contribution < -0.4 is 9.64 Å². The summed E-state index contributed by atoms with van der Waals surface area (Å²) >= 11 is 0. The number of phenols is 3. The van der Waals surface area contributed by atoms with Crippen LogP contribution in [0.3, 0.4) is 0 Å². The second-order valence-electron chi connectivity index (χ2n) is 8.28. The van der Waals surface area contributed by atoms with Crippen LogP contribution in [0.1, 0.15) is 22.3 Å². The van der Waals surface area contributed by atoms with Gasteiger partial charge < -0.3 is 25.0 Å². The standard InChI is InChI=1S/C28H27NO4/c1-17-13-20(4)28(26(32)14-17)33-27-8-6-5-7-23(27)29(21-11-9-18(2)24(30)15-21)22-12-10-19(3)25(31)16-22/h5-16,30-32H,1-4H3. The Morgan fingerprint density at radius 2 is 1.18 bits per heavy atom. The minimum absolute atomic E-state index is 0.0646. The fraction of sp³-hybridized carbons (Fsp3) is 0.143. The van der Waals surface area contributed by atoms with Gasteiger partial charge in [-0.3, -0.25) is 0 Å². The fourth-order valence-corrected chi connectivity index (χ4v) is 3.80. The number of anilines is 3. The Morgan fingerprint density at radius 3 is 1.73 bits per heavy atom. The number of rotatable bonds is 5. The summed E-state index contributed by atoms with van der Waals surface area (Å²) in [6.45, 7) is 7.47. The maximum absolute atomic E-state index is 10.5. The topological polar surface area (TPSA) is 73.2 Å². The summed E-state index contributed by atoms with van der Waals surface area (Å²) in [4.78, 5) is 1.90. The Hall–Kier alpha value is -4.12. The van der Waals surface area contributed by atoms with Crippen molar-refractivity contribution in [3.05, 3.63) is 95.1 Å². The first kappa shape index (κ1) is 22.1. The van der Waals surface area contributed by atoms with Crippen LogP contribution >= 0.6 is 0 Å². The largest absolute Gasteiger partial charge is 0.508 e. The van der Waals surface area contributed by atoms with Gasteiger partial charge in [0.15, 0.2) is 17.2 Å². The number of hydrogen-bond acceptors (Lipinski definition) is 5. The average Bonchev–Trinajstić information content (AvgIpc) is 2.77. The van der Waals surface area contributed by atoms with Crippen molar-refractivity contribution in [1.82, 2.24) is 0 Å². The smallest absolute Gasteiger partial charge is 0.172 e. The van der Waals surface area contributed by atoms with Crippen LogP contribution in [0.25, 0.3) is 0 Å². The molecule has 0 aliphatic carbocycles. The zero-order valence-electron chi connectivity index (χ0n) is 19.1. The highest BCUT2D eigenvalue weighted by Gasteiger charge is 2.20. The Morgan fingerprint density at radius 1 is 0.606 bits per heavy atom. The lowest BCUT2D eigenvalue weighted by Crippen LogP contribution is -2.11. The second kappa shape index (κ2) is 8.79. The van der Waals surface area contributed by atoms with E-state index in [4.69, 9.17) is 4.74 Å². The number of hydrogen-bond donors (Lipinski definition) is 3. The molecule has 0 saturated heterocycles. The quantitative estimate of drug-likeness (QED) is 0.303. The van der Waals surface area contributed by atoms with Crippen LogP contribution in [0.5, 0.6) is 28.7 Å². The Bertz CT molecular complexity index is 1260. The van der Waals surface area contributed by atoms with E-state index < -0.39 is 0 Å². The number of aryl methyl sites for hydroxylation is 4. The minimum Gasteiger partial charge on any atom is -0.508 e. The highest BCUT2D eigenvalue weighted by atomic mass is 16.5. The number of ether oxygens (including phenoxy) is 1. The van der Waals surface area contributed by atoms with E-state index in [9.17, 15) is 15.3 Å². The Labute approximate surface area is 193 Å². The molecule has 0 fully saturated rings. The van der Waals surface area contributed by atoms with Crippen LogP contribution in [0, 0.1) is 27.7 Å². The average molecular weight is 442 g/mol. The molecule has 33 heavy (non-hydrogen) atoms. The summed E-state index contributed by atoms with van der Waals surface area (Å²) in [6, 6.07) is 21.9. The van der Waals surface area contributed by atoms with Crippen molar-refractivity contribution in [3.8, 4) is 28.7 Å². The van der Waals surface area contributed by atoms with Crippen LogP contribution in [-0.4, -0.2) is 15.3 Å².